The second kappa shape index (κ2) is 5.25. The van der Waals surface area contributed by atoms with E-state index in [2.05, 4.69) is 0 Å². The first-order valence-electron chi connectivity index (χ1n) is 5.71. The highest BCUT2D eigenvalue weighted by Gasteiger charge is 2.29. The maximum atomic E-state index is 12.5. The Balaban J connectivity index is 2.40. The summed E-state index contributed by atoms with van der Waals surface area (Å²) in [4.78, 5) is 0. The lowest BCUT2D eigenvalue weighted by Gasteiger charge is -2.09. The van der Waals surface area contributed by atoms with Crippen molar-refractivity contribution in [1.29, 1.82) is 5.26 Å². The number of benzene rings is 2. The highest BCUT2D eigenvalue weighted by atomic mass is 19.4. The van der Waals surface area contributed by atoms with Crippen molar-refractivity contribution in [1.82, 2.24) is 0 Å². The Hall–Kier alpha value is -2.48. The molecule has 0 atom stereocenters. The first-order chi connectivity index (χ1) is 9.45. The van der Waals surface area contributed by atoms with Gasteiger partial charge in [0.05, 0.1) is 18.2 Å². The van der Waals surface area contributed by atoms with E-state index in [0.29, 0.717) is 22.4 Å². The molecule has 20 heavy (non-hydrogen) atoms. The summed E-state index contributed by atoms with van der Waals surface area (Å²) in [5, 5.41) is 8.88. The summed E-state index contributed by atoms with van der Waals surface area (Å²) >= 11 is 0. The van der Waals surface area contributed by atoms with E-state index in [1.54, 1.807) is 18.2 Å². The molecule has 0 spiro atoms. The molecular formula is C15H10F3NO. The molecule has 0 aliphatic heterocycles. The van der Waals surface area contributed by atoms with Crippen LogP contribution in [-0.2, 0) is 6.18 Å². The van der Waals surface area contributed by atoms with Crippen molar-refractivity contribution in [2.24, 2.45) is 0 Å². The number of ether oxygens (including phenoxy) is 1. The van der Waals surface area contributed by atoms with Gasteiger partial charge in [0.2, 0.25) is 0 Å². The predicted octanol–water partition coefficient (Wildman–Crippen LogP) is 4.25. The van der Waals surface area contributed by atoms with Gasteiger partial charge in [-0.25, -0.2) is 0 Å². The first kappa shape index (κ1) is 13.9. The number of nitriles is 1. The standard InChI is InChI=1S/C15H10F3NO/c1-20-14-8-11(2-3-12(14)9-19)10-4-6-13(7-5-10)15(16,17)18/h2-8H,1H3. The lowest BCUT2D eigenvalue weighted by Crippen LogP contribution is -2.03. The third kappa shape index (κ3) is 2.75. The van der Waals surface area contributed by atoms with Gasteiger partial charge in [0.25, 0.3) is 0 Å². The highest BCUT2D eigenvalue weighted by molar-refractivity contribution is 5.67. The molecule has 0 heterocycles. The molecule has 0 unspecified atom stereocenters. The van der Waals surface area contributed by atoms with Crippen LogP contribution in [0.15, 0.2) is 42.5 Å². The van der Waals surface area contributed by atoms with Crippen LogP contribution in [0.5, 0.6) is 5.75 Å². The molecule has 0 amide bonds. The largest absolute Gasteiger partial charge is 0.495 e. The lowest BCUT2D eigenvalue weighted by molar-refractivity contribution is -0.137. The van der Waals surface area contributed by atoms with Gasteiger partial charge in [-0.1, -0.05) is 18.2 Å². The topological polar surface area (TPSA) is 33.0 Å². The van der Waals surface area contributed by atoms with Gasteiger partial charge < -0.3 is 4.74 Å². The quantitative estimate of drug-likeness (QED) is 0.822. The summed E-state index contributed by atoms with van der Waals surface area (Å²) in [6, 6.07) is 11.7. The van der Waals surface area contributed by atoms with Gasteiger partial charge in [0.1, 0.15) is 11.8 Å². The summed E-state index contributed by atoms with van der Waals surface area (Å²) in [5.74, 6) is 0.393. The molecule has 0 fully saturated rings. The molecule has 2 aromatic rings. The normalized spacial score (nSPS) is 10.9. The minimum absolute atomic E-state index is 0.378. The number of nitrogens with zero attached hydrogens (tertiary/aromatic N) is 1. The Morgan fingerprint density at radius 2 is 1.60 bits per heavy atom. The summed E-state index contributed by atoms with van der Waals surface area (Å²) < 4.78 is 42.5. The van der Waals surface area contributed by atoms with E-state index < -0.39 is 11.7 Å². The summed E-state index contributed by atoms with van der Waals surface area (Å²) in [6.07, 6.45) is -4.35. The van der Waals surface area contributed by atoms with E-state index in [1.807, 2.05) is 6.07 Å². The maximum Gasteiger partial charge on any atom is 0.416 e. The summed E-state index contributed by atoms with van der Waals surface area (Å²) in [5.41, 5.74) is 1.00. The third-order valence-electron chi connectivity index (χ3n) is 2.87. The Kier molecular flexibility index (Phi) is 3.66. The third-order valence-corrected chi connectivity index (χ3v) is 2.87. The van der Waals surface area contributed by atoms with Crippen molar-refractivity contribution < 1.29 is 17.9 Å². The molecule has 0 N–H and O–H groups in total. The van der Waals surface area contributed by atoms with E-state index in [0.717, 1.165) is 12.1 Å². The number of methoxy groups -OCH3 is 1. The smallest absolute Gasteiger partial charge is 0.416 e. The van der Waals surface area contributed by atoms with E-state index in [4.69, 9.17) is 10.00 Å². The van der Waals surface area contributed by atoms with Crippen LogP contribution in [0.1, 0.15) is 11.1 Å². The molecule has 2 nitrogen and oxygen atoms in total. The van der Waals surface area contributed by atoms with Crippen molar-refractivity contribution >= 4 is 0 Å². The lowest BCUT2D eigenvalue weighted by atomic mass is 10.0. The van der Waals surface area contributed by atoms with Crippen LogP contribution in [0.4, 0.5) is 13.2 Å². The molecule has 0 aliphatic rings. The van der Waals surface area contributed by atoms with Crippen molar-refractivity contribution in [2.75, 3.05) is 7.11 Å². The Bertz CT molecular complexity index is 654. The van der Waals surface area contributed by atoms with Crippen LogP contribution >= 0.6 is 0 Å². The number of hydrogen-bond acceptors (Lipinski definition) is 2. The minimum atomic E-state index is -4.35. The SMILES string of the molecule is COc1cc(-c2ccc(C(F)(F)F)cc2)ccc1C#N. The fraction of sp³-hybridized carbons (Fsp3) is 0.133. The Morgan fingerprint density at radius 3 is 2.10 bits per heavy atom. The van der Waals surface area contributed by atoms with E-state index in [9.17, 15) is 13.2 Å². The molecule has 0 aromatic heterocycles. The molecule has 0 bridgehead atoms. The zero-order valence-electron chi connectivity index (χ0n) is 10.5. The van der Waals surface area contributed by atoms with Gasteiger partial charge in [-0.2, -0.15) is 18.4 Å². The first-order valence-corrected chi connectivity index (χ1v) is 5.71. The van der Waals surface area contributed by atoms with Crippen LogP contribution < -0.4 is 4.74 Å². The summed E-state index contributed by atoms with van der Waals surface area (Å²) in [6.45, 7) is 0. The van der Waals surface area contributed by atoms with Gasteiger partial charge >= 0.3 is 6.18 Å². The van der Waals surface area contributed by atoms with Crippen molar-refractivity contribution in [3.05, 3.63) is 53.6 Å². The summed E-state index contributed by atoms with van der Waals surface area (Å²) in [7, 11) is 1.44. The van der Waals surface area contributed by atoms with Crippen LogP contribution in [0.25, 0.3) is 11.1 Å². The fourth-order valence-corrected chi connectivity index (χ4v) is 1.81. The molecule has 0 aliphatic carbocycles. The average Bonchev–Trinajstić information content (AvgIpc) is 2.45. The van der Waals surface area contributed by atoms with E-state index in [-0.39, 0.29) is 0 Å². The maximum absolute atomic E-state index is 12.5. The van der Waals surface area contributed by atoms with Gasteiger partial charge in [0.15, 0.2) is 0 Å². The number of halogens is 3. The number of rotatable bonds is 2. The van der Waals surface area contributed by atoms with Crippen LogP contribution in [0.2, 0.25) is 0 Å². The van der Waals surface area contributed by atoms with Gasteiger partial charge in [-0.05, 0) is 35.4 Å². The van der Waals surface area contributed by atoms with E-state index >= 15 is 0 Å². The molecule has 0 saturated heterocycles. The molecule has 2 aromatic carbocycles. The van der Waals surface area contributed by atoms with Gasteiger partial charge in [-0.15, -0.1) is 0 Å². The van der Waals surface area contributed by atoms with Crippen molar-refractivity contribution in [3.8, 4) is 22.9 Å². The minimum Gasteiger partial charge on any atom is -0.495 e. The molecule has 0 saturated carbocycles. The van der Waals surface area contributed by atoms with Crippen molar-refractivity contribution in [2.45, 2.75) is 6.18 Å². The van der Waals surface area contributed by atoms with Gasteiger partial charge in [0, 0.05) is 0 Å². The molecule has 102 valence electrons. The molecule has 0 radical (unpaired) electrons. The van der Waals surface area contributed by atoms with Gasteiger partial charge in [-0.3, -0.25) is 0 Å². The van der Waals surface area contributed by atoms with E-state index in [1.165, 1.54) is 19.2 Å². The number of alkyl halides is 3. The zero-order valence-corrected chi connectivity index (χ0v) is 10.5. The predicted molar refractivity (Wildman–Crippen MR) is 68.1 cm³/mol. The highest BCUT2D eigenvalue weighted by Crippen LogP contribution is 2.32. The molecule has 2 rings (SSSR count). The average molecular weight is 277 g/mol. The fourth-order valence-electron chi connectivity index (χ4n) is 1.81. The zero-order chi connectivity index (χ0) is 14.8. The molecular weight excluding hydrogens is 267 g/mol. The Labute approximate surface area is 114 Å². The van der Waals surface area contributed by atoms with Crippen LogP contribution in [-0.4, -0.2) is 7.11 Å². The Morgan fingerprint density at radius 1 is 1.00 bits per heavy atom. The monoisotopic (exact) mass is 277 g/mol. The van der Waals surface area contributed by atoms with Crippen LogP contribution in [0, 0.1) is 11.3 Å². The second-order valence-electron chi connectivity index (χ2n) is 4.10. The van der Waals surface area contributed by atoms with Crippen molar-refractivity contribution in [3.63, 3.8) is 0 Å². The number of hydrogen-bond donors (Lipinski definition) is 0. The van der Waals surface area contributed by atoms with Crippen LogP contribution in [0.3, 0.4) is 0 Å². The second-order valence-corrected chi connectivity index (χ2v) is 4.10. The molecule has 5 heteroatoms.